The predicted octanol–water partition coefficient (Wildman–Crippen LogP) is 0.608. The Morgan fingerprint density at radius 3 is 2.67 bits per heavy atom. The van der Waals surface area contributed by atoms with Crippen molar-refractivity contribution in [1.29, 1.82) is 0 Å². The molecule has 0 saturated carbocycles. The molecule has 0 bridgehead atoms. The van der Waals surface area contributed by atoms with Gasteiger partial charge in [0.2, 0.25) is 17.7 Å². The summed E-state index contributed by atoms with van der Waals surface area (Å²) >= 11 is 0. The molecule has 1 fully saturated rings. The van der Waals surface area contributed by atoms with Gasteiger partial charge in [-0.25, -0.2) is 0 Å². The van der Waals surface area contributed by atoms with Crippen molar-refractivity contribution in [2.24, 2.45) is 0 Å². The van der Waals surface area contributed by atoms with Crippen LogP contribution in [0.15, 0.2) is 4.42 Å². The number of hydrogen-bond acceptors (Lipinski definition) is 6. The third kappa shape index (κ3) is 4.50. The van der Waals surface area contributed by atoms with Crippen LogP contribution in [-0.4, -0.2) is 63.8 Å². The molecule has 7 heteroatoms. The summed E-state index contributed by atoms with van der Waals surface area (Å²) in [7, 11) is 1.86. The first-order valence-corrected chi connectivity index (χ1v) is 7.42. The molecule has 7 nitrogen and oxygen atoms in total. The number of hydrogen-bond donors (Lipinski definition) is 1. The molecule has 0 radical (unpaired) electrons. The summed E-state index contributed by atoms with van der Waals surface area (Å²) in [5.41, 5.74) is 0. The molecule has 0 aliphatic carbocycles. The number of nitrogens with zero attached hydrogens (tertiary/aromatic N) is 4. The standard InChI is InChI=1S/C14H24N4O3/c1-10(2)14-16-15-12(21-14)8-17(3)9-13(20)18-6-4-11(19)5-7-18/h10-11,19H,4-9H2,1-3H3. The molecule has 2 heterocycles. The van der Waals surface area contributed by atoms with Gasteiger partial charge in [0, 0.05) is 19.0 Å². The van der Waals surface area contributed by atoms with E-state index in [1.807, 2.05) is 25.8 Å². The van der Waals surface area contributed by atoms with Crippen molar-refractivity contribution >= 4 is 5.91 Å². The molecule has 21 heavy (non-hydrogen) atoms. The second kappa shape index (κ2) is 7.00. The summed E-state index contributed by atoms with van der Waals surface area (Å²) in [6.45, 7) is 6.03. The van der Waals surface area contributed by atoms with E-state index >= 15 is 0 Å². The largest absolute Gasteiger partial charge is 0.424 e. The minimum Gasteiger partial charge on any atom is -0.424 e. The molecule has 118 valence electrons. The Kier molecular flexibility index (Phi) is 5.30. The lowest BCUT2D eigenvalue weighted by Crippen LogP contribution is -2.44. The lowest BCUT2D eigenvalue weighted by molar-refractivity contribution is -0.134. The normalized spacial score (nSPS) is 17.0. The number of aromatic nitrogens is 2. The van der Waals surface area contributed by atoms with E-state index in [0.717, 1.165) is 0 Å². The van der Waals surface area contributed by atoms with Crippen LogP contribution < -0.4 is 0 Å². The first-order chi connectivity index (χ1) is 9.95. The van der Waals surface area contributed by atoms with Crippen LogP contribution in [0.25, 0.3) is 0 Å². The van der Waals surface area contributed by atoms with E-state index in [4.69, 9.17) is 4.42 Å². The third-order valence-corrected chi connectivity index (χ3v) is 3.60. The van der Waals surface area contributed by atoms with Gasteiger partial charge in [0.05, 0.1) is 19.2 Å². The van der Waals surface area contributed by atoms with E-state index in [9.17, 15) is 9.90 Å². The Balaban J connectivity index is 1.80. The zero-order valence-electron chi connectivity index (χ0n) is 12.9. The van der Waals surface area contributed by atoms with E-state index in [-0.39, 0.29) is 17.9 Å². The van der Waals surface area contributed by atoms with Gasteiger partial charge in [-0.15, -0.1) is 10.2 Å². The minimum absolute atomic E-state index is 0.0769. The molecular formula is C14H24N4O3. The average Bonchev–Trinajstić information content (AvgIpc) is 2.87. The molecule has 1 saturated heterocycles. The molecule has 0 atom stereocenters. The highest BCUT2D eigenvalue weighted by Gasteiger charge is 2.22. The summed E-state index contributed by atoms with van der Waals surface area (Å²) in [5, 5.41) is 17.4. The molecule has 1 aliphatic rings. The van der Waals surface area contributed by atoms with Gasteiger partial charge in [-0.3, -0.25) is 9.69 Å². The Bertz CT molecular complexity index is 467. The van der Waals surface area contributed by atoms with Crippen LogP contribution in [0.2, 0.25) is 0 Å². The van der Waals surface area contributed by atoms with Crippen LogP contribution in [0, 0.1) is 0 Å². The number of carbonyl (C=O) groups is 1. The zero-order chi connectivity index (χ0) is 15.4. The average molecular weight is 296 g/mol. The molecule has 2 rings (SSSR count). The Hall–Kier alpha value is -1.47. The van der Waals surface area contributed by atoms with Crippen LogP contribution in [0.5, 0.6) is 0 Å². The third-order valence-electron chi connectivity index (χ3n) is 3.60. The molecule has 1 amide bonds. The Morgan fingerprint density at radius 2 is 2.10 bits per heavy atom. The highest BCUT2D eigenvalue weighted by Crippen LogP contribution is 2.13. The molecule has 1 aromatic heterocycles. The smallest absolute Gasteiger partial charge is 0.236 e. The summed E-state index contributed by atoms with van der Waals surface area (Å²) in [4.78, 5) is 15.8. The minimum atomic E-state index is -0.264. The first kappa shape index (κ1) is 15.9. The second-order valence-electron chi connectivity index (χ2n) is 5.97. The maximum Gasteiger partial charge on any atom is 0.236 e. The number of rotatable bonds is 5. The Labute approximate surface area is 124 Å². The number of likely N-dealkylation sites (N-methyl/N-ethyl adjacent to an activating group) is 1. The molecule has 1 N–H and O–H groups in total. The van der Waals surface area contributed by atoms with Gasteiger partial charge in [0.25, 0.3) is 0 Å². The number of carbonyl (C=O) groups excluding carboxylic acids is 1. The number of aliphatic hydroxyl groups is 1. The van der Waals surface area contributed by atoms with Crippen LogP contribution in [-0.2, 0) is 11.3 Å². The fourth-order valence-electron chi connectivity index (χ4n) is 2.30. The second-order valence-corrected chi connectivity index (χ2v) is 5.97. The van der Waals surface area contributed by atoms with E-state index in [0.29, 0.717) is 50.8 Å². The lowest BCUT2D eigenvalue weighted by atomic mass is 10.1. The zero-order valence-corrected chi connectivity index (χ0v) is 12.9. The highest BCUT2D eigenvalue weighted by atomic mass is 16.4. The first-order valence-electron chi connectivity index (χ1n) is 7.42. The molecule has 1 aliphatic heterocycles. The summed E-state index contributed by atoms with van der Waals surface area (Å²) in [6.07, 6.45) is 1.06. The number of amides is 1. The molecular weight excluding hydrogens is 272 g/mol. The van der Waals surface area contributed by atoms with Crippen molar-refractivity contribution in [2.75, 3.05) is 26.7 Å². The lowest BCUT2D eigenvalue weighted by Gasteiger charge is -2.30. The highest BCUT2D eigenvalue weighted by molar-refractivity contribution is 5.78. The molecule has 0 aromatic carbocycles. The van der Waals surface area contributed by atoms with Crippen LogP contribution in [0.3, 0.4) is 0 Å². The van der Waals surface area contributed by atoms with Crippen LogP contribution in [0.1, 0.15) is 44.4 Å². The number of aliphatic hydroxyl groups excluding tert-OH is 1. The van der Waals surface area contributed by atoms with E-state index < -0.39 is 0 Å². The summed E-state index contributed by atoms with van der Waals surface area (Å²) < 4.78 is 5.53. The van der Waals surface area contributed by atoms with Gasteiger partial charge in [-0.05, 0) is 19.9 Å². The van der Waals surface area contributed by atoms with Crippen molar-refractivity contribution in [3.05, 3.63) is 11.8 Å². The van der Waals surface area contributed by atoms with E-state index in [1.54, 1.807) is 4.90 Å². The van der Waals surface area contributed by atoms with Gasteiger partial charge in [-0.2, -0.15) is 0 Å². The van der Waals surface area contributed by atoms with Crippen molar-refractivity contribution in [3.63, 3.8) is 0 Å². The van der Waals surface area contributed by atoms with Crippen molar-refractivity contribution in [2.45, 2.75) is 45.3 Å². The molecule has 1 aromatic rings. The Morgan fingerprint density at radius 1 is 1.43 bits per heavy atom. The fraction of sp³-hybridized carbons (Fsp3) is 0.786. The van der Waals surface area contributed by atoms with Gasteiger partial charge in [0.1, 0.15) is 0 Å². The summed E-state index contributed by atoms with van der Waals surface area (Å²) in [5.74, 6) is 1.43. The van der Waals surface area contributed by atoms with Crippen molar-refractivity contribution in [3.8, 4) is 0 Å². The summed E-state index contributed by atoms with van der Waals surface area (Å²) in [6, 6.07) is 0. The van der Waals surface area contributed by atoms with Crippen LogP contribution in [0.4, 0.5) is 0 Å². The van der Waals surface area contributed by atoms with Crippen molar-refractivity contribution in [1.82, 2.24) is 20.0 Å². The SMILES string of the molecule is CC(C)c1nnc(CN(C)CC(=O)N2CCC(O)CC2)o1. The molecule has 0 spiro atoms. The number of piperidine rings is 1. The molecule has 0 unspecified atom stereocenters. The number of likely N-dealkylation sites (tertiary alicyclic amines) is 1. The van der Waals surface area contributed by atoms with Gasteiger partial charge in [0.15, 0.2) is 0 Å². The predicted molar refractivity (Wildman–Crippen MR) is 76.5 cm³/mol. The van der Waals surface area contributed by atoms with Gasteiger partial charge in [-0.1, -0.05) is 13.8 Å². The van der Waals surface area contributed by atoms with E-state index in [2.05, 4.69) is 10.2 Å². The van der Waals surface area contributed by atoms with Gasteiger partial charge >= 0.3 is 0 Å². The maximum atomic E-state index is 12.2. The fourth-order valence-corrected chi connectivity index (χ4v) is 2.30. The topological polar surface area (TPSA) is 82.7 Å². The maximum absolute atomic E-state index is 12.2. The van der Waals surface area contributed by atoms with Gasteiger partial charge < -0.3 is 14.4 Å². The van der Waals surface area contributed by atoms with Crippen molar-refractivity contribution < 1.29 is 14.3 Å². The quantitative estimate of drug-likeness (QED) is 0.857. The van der Waals surface area contributed by atoms with Crippen LogP contribution >= 0.6 is 0 Å². The monoisotopic (exact) mass is 296 g/mol. The van der Waals surface area contributed by atoms with E-state index in [1.165, 1.54) is 0 Å².